The number of benzene rings is 1. The van der Waals surface area contributed by atoms with Crippen LogP contribution in [-0.4, -0.2) is 7.05 Å². The first-order valence-corrected chi connectivity index (χ1v) is 7.42. The Hall–Kier alpha value is -0.830. The van der Waals surface area contributed by atoms with Crippen molar-refractivity contribution in [3.63, 3.8) is 0 Å². The molecular weight excluding hydrogens is 262 g/mol. The zero-order valence-corrected chi connectivity index (χ0v) is 12.3. The van der Waals surface area contributed by atoms with E-state index in [9.17, 15) is 0 Å². The van der Waals surface area contributed by atoms with E-state index in [-0.39, 0.29) is 0 Å². The predicted molar refractivity (Wildman–Crippen MR) is 80.7 cm³/mol. The molecule has 1 N–H and O–H groups in total. The molecule has 1 heterocycles. The van der Waals surface area contributed by atoms with Crippen molar-refractivity contribution in [1.82, 2.24) is 5.32 Å². The van der Waals surface area contributed by atoms with Crippen LogP contribution in [0, 0.1) is 0 Å². The number of likely N-dealkylation sites (N-methyl/N-ethyl adjacent to an activating group) is 1. The van der Waals surface area contributed by atoms with Gasteiger partial charge in [0.25, 0.3) is 0 Å². The van der Waals surface area contributed by atoms with Gasteiger partial charge in [-0.05, 0) is 43.3 Å². The van der Waals surface area contributed by atoms with Gasteiger partial charge >= 0.3 is 0 Å². The summed E-state index contributed by atoms with van der Waals surface area (Å²) < 4.78 is 0. The topological polar surface area (TPSA) is 12.0 Å². The Morgan fingerprint density at radius 3 is 2.61 bits per heavy atom. The first kappa shape index (κ1) is 13.6. The number of halogens is 1. The zero-order valence-electron chi connectivity index (χ0n) is 10.7. The third-order valence-corrected chi connectivity index (χ3v) is 4.56. The van der Waals surface area contributed by atoms with Crippen LogP contribution in [0.1, 0.15) is 28.3 Å². The van der Waals surface area contributed by atoms with Crippen molar-refractivity contribution in [2.75, 3.05) is 7.05 Å². The van der Waals surface area contributed by atoms with Gasteiger partial charge in [0.2, 0.25) is 0 Å². The minimum absolute atomic E-state index is 0.326. The second kappa shape index (κ2) is 6.37. The normalized spacial score (nSPS) is 12.6. The van der Waals surface area contributed by atoms with E-state index in [0.29, 0.717) is 6.04 Å². The molecule has 0 amide bonds. The van der Waals surface area contributed by atoms with Crippen molar-refractivity contribution in [2.24, 2.45) is 0 Å². The Morgan fingerprint density at radius 1 is 1.22 bits per heavy atom. The number of nitrogens with one attached hydrogen (secondary N) is 1. The summed E-state index contributed by atoms with van der Waals surface area (Å²) >= 11 is 7.95. The zero-order chi connectivity index (χ0) is 13.0. The maximum atomic E-state index is 6.05. The van der Waals surface area contributed by atoms with Crippen molar-refractivity contribution >= 4 is 22.9 Å². The molecule has 3 heteroatoms. The third kappa shape index (κ3) is 3.35. The monoisotopic (exact) mass is 279 g/mol. The summed E-state index contributed by atoms with van der Waals surface area (Å²) in [5.74, 6) is 0. The molecule has 2 aromatic rings. The smallest absolute Gasteiger partial charge is 0.0409 e. The van der Waals surface area contributed by atoms with Crippen LogP contribution >= 0.6 is 22.9 Å². The molecule has 0 aliphatic rings. The van der Waals surface area contributed by atoms with E-state index in [2.05, 4.69) is 30.4 Å². The summed E-state index contributed by atoms with van der Waals surface area (Å²) in [6, 6.07) is 12.9. The van der Waals surface area contributed by atoms with Gasteiger partial charge in [0, 0.05) is 27.2 Å². The molecule has 0 saturated heterocycles. The fourth-order valence-electron chi connectivity index (χ4n) is 2.03. The van der Waals surface area contributed by atoms with Crippen molar-refractivity contribution < 1.29 is 0 Å². The van der Waals surface area contributed by atoms with Gasteiger partial charge in [-0.15, -0.1) is 11.3 Å². The highest BCUT2D eigenvalue weighted by Gasteiger charge is 2.11. The van der Waals surface area contributed by atoms with Crippen LogP contribution in [-0.2, 0) is 12.8 Å². The van der Waals surface area contributed by atoms with Crippen LogP contribution in [0.3, 0.4) is 0 Å². The number of thiophene rings is 1. The highest BCUT2D eigenvalue weighted by Crippen LogP contribution is 2.25. The molecule has 1 aromatic carbocycles. The second-order valence-corrected chi connectivity index (χ2v) is 6.01. The Morgan fingerprint density at radius 2 is 2.00 bits per heavy atom. The van der Waals surface area contributed by atoms with E-state index in [4.69, 9.17) is 11.6 Å². The lowest BCUT2D eigenvalue weighted by Gasteiger charge is -2.16. The molecule has 0 spiro atoms. The van der Waals surface area contributed by atoms with E-state index in [1.807, 2.05) is 36.6 Å². The van der Waals surface area contributed by atoms with Gasteiger partial charge in [0.15, 0.2) is 0 Å². The highest BCUT2D eigenvalue weighted by molar-refractivity contribution is 7.11. The molecule has 0 radical (unpaired) electrons. The molecule has 1 atom stereocenters. The molecule has 96 valence electrons. The molecule has 0 aliphatic carbocycles. The predicted octanol–water partition coefficient (Wildman–Crippen LogP) is 4.47. The molecule has 1 aromatic heterocycles. The molecule has 1 nitrogen and oxygen atoms in total. The van der Waals surface area contributed by atoms with E-state index in [1.54, 1.807) is 0 Å². The summed E-state index contributed by atoms with van der Waals surface area (Å²) in [5.41, 5.74) is 1.25. The number of hydrogen-bond donors (Lipinski definition) is 1. The van der Waals surface area contributed by atoms with E-state index < -0.39 is 0 Å². The average Bonchev–Trinajstić information content (AvgIpc) is 2.83. The van der Waals surface area contributed by atoms with Gasteiger partial charge < -0.3 is 5.32 Å². The molecule has 0 aliphatic heterocycles. The Kier molecular flexibility index (Phi) is 4.81. The van der Waals surface area contributed by atoms with Crippen molar-refractivity contribution in [3.8, 4) is 0 Å². The highest BCUT2D eigenvalue weighted by atomic mass is 35.5. The van der Waals surface area contributed by atoms with Crippen LogP contribution in [0.4, 0.5) is 0 Å². The molecule has 18 heavy (non-hydrogen) atoms. The van der Waals surface area contributed by atoms with Gasteiger partial charge in [-0.2, -0.15) is 0 Å². The molecule has 0 bridgehead atoms. The van der Waals surface area contributed by atoms with Gasteiger partial charge in [0.05, 0.1) is 0 Å². The minimum Gasteiger partial charge on any atom is -0.313 e. The Balaban J connectivity index is 2.14. The SMILES string of the molecule is CCc1ccc(CC(NC)c2cccc(Cl)c2)s1. The molecule has 2 rings (SSSR count). The lowest BCUT2D eigenvalue weighted by atomic mass is 10.0. The third-order valence-electron chi connectivity index (χ3n) is 3.07. The molecule has 0 saturated carbocycles. The van der Waals surface area contributed by atoms with E-state index >= 15 is 0 Å². The van der Waals surface area contributed by atoms with E-state index in [0.717, 1.165) is 17.9 Å². The van der Waals surface area contributed by atoms with Gasteiger partial charge in [0.1, 0.15) is 0 Å². The largest absolute Gasteiger partial charge is 0.313 e. The number of aryl methyl sites for hydroxylation is 1. The summed E-state index contributed by atoms with van der Waals surface area (Å²) in [7, 11) is 2.00. The van der Waals surface area contributed by atoms with Crippen LogP contribution in [0.5, 0.6) is 0 Å². The van der Waals surface area contributed by atoms with Crippen LogP contribution in [0.15, 0.2) is 36.4 Å². The van der Waals surface area contributed by atoms with Gasteiger partial charge in [-0.25, -0.2) is 0 Å². The quantitative estimate of drug-likeness (QED) is 0.852. The Labute approximate surface area is 118 Å². The van der Waals surface area contributed by atoms with Crippen LogP contribution in [0.25, 0.3) is 0 Å². The van der Waals surface area contributed by atoms with Gasteiger partial charge in [-0.1, -0.05) is 30.7 Å². The van der Waals surface area contributed by atoms with Crippen molar-refractivity contribution in [1.29, 1.82) is 0 Å². The lowest BCUT2D eigenvalue weighted by Crippen LogP contribution is -2.18. The second-order valence-electron chi connectivity index (χ2n) is 4.32. The number of rotatable bonds is 5. The summed E-state index contributed by atoms with van der Waals surface area (Å²) in [6.45, 7) is 2.20. The maximum absolute atomic E-state index is 6.05. The minimum atomic E-state index is 0.326. The molecular formula is C15H18ClNS. The fourth-order valence-corrected chi connectivity index (χ4v) is 3.24. The lowest BCUT2D eigenvalue weighted by molar-refractivity contribution is 0.596. The summed E-state index contributed by atoms with van der Waals surface area (Å²) in [6.07, 6.45) is 2.13. The maximum Gasteiger partial charge on any atom is 0.0409 e. The van der Waals surface area contributed by atoms with Crippen LogP contribution < -0.4 is 5.32 Å². The molecule has 0 fully saturated rings. The van der Waals surface area contributed by atoms with Gasteiger partial charge in [-0.3, -0.25) is 0 Å². The van der Waals surface area contributed by atoms with Crippen LogP contribution in [0.2, 0.25) is 5.02 Å². The first-order chi connectivity index (χ1) is 8.72. The van der Waals surface area contributed by atoms with Crippen molar-refractivity contribution in [2.45, 2.75) is 25.8 Å². The Bertz CT molecular complexity index is 507. The average molecular weight is 280 g/mol. The first-order valence-electron chi connectivity index (χ1n) is 6.23. The summed E-state index contributed by atoms with van der Waals surface area (Å²) in [4.78, 5) is 2.87. The standard InChI is InChI=1S/C15H18ClNS/c1-3-13-7-8-14(18-13)10-15(17-2)11-5-4-6-12(16)9-11/h4-9,15,17H,3,10H2,1-2H3. The fraction of sp³-hybridized carbons (Fsp3) is 0.333. The van der Waals surface area contributed by atoms with Crippen molar-refractivity contribution in [3.05, 3.63) is 56.7 Å². The summed E-state index contributed by atoms with van der Waals surface area (Å²) in [5, 5.41) is 4.17. The number of hydrogen-bond acceptors (Lipinski definition) is 2. The van der Waals surface area contributed by atoms with E-state index in [1.165, 1.54) is 15.3 Å². The molecule has 1 unspecified atom stereocenters.